The van der Waals surface area contributed by atoms with E-state index in [1.54, 1.807) is 0 Å². The first-order valence-corrected chi connectivity index (χ1v) is 6.05. The highest BCUT2D eigenvalue weighted by Gasteiger charge is 2.02. The van der Waals surface area contributed by atoms with E-state index in [0.717, 1.165) is 20.8 Å². The van der Waals surface area contributed by atoms with E-state index in [-0.39, 0.29) is 0 Å². The molecule has 2 rings (SSSR count). The minimum atomic E-state index is 0.474. The third-order valence-electron chi connectivity index (χ3n) is 2.18. The van der Waals surface area contributed by atoms with E-state index in [4.69, 9.17) is 16.3 Å². The zero-order valence-corrected chi connectivity index (χ0v) is 10.8. The number of benzene rings is 2. The Bertz CT molecular complexity index is 439. The summed E-state index contributed by atoms with van der Waals surface area (Å²) >= 11 is 9.47. The summed E-state index contributed by atoms with van der Waals surface area (Å²) in [4.78, 5) is 0. The van der Waals surface area contributed by atoms with Crippen molar-refractivity contribution in [3.63, 3.8) is 0 Å². The summed E-state index contributed by atoms with van der Waals surface area (Å²) in [5.74, 6) is 0.822. The standard InChI is InChI=1S/C13H10BrClO/c14-11-6-2-4-8-13(11)16-9-10-5-1-3-7-12(10)15/h1-8H,9H2. The summed E-state index contributed by atoms with van der Waals surface area (Å²) in [7, 11) is 0. The SMILES string of the molecule is Clc1ccccc1COc1ccccc1Br. The van der Waals surface area contributed by atoms with E-state index < -0.39 is 0 Å². The highest BCUT2D eigenvalue weighted by atomic mass is 79.9. The molecule has 3 heteroatoms. The Labute approximate surface area is 108 Å². The van der Waals surface area contributed by atoms with Gasteiger partial charge in [0.1, 0.15) is 12.4 Å². The molecule has 2 aromatic carbocycles. The first-order valence-electron chi connectivity index (χ1n) is 4.88. The summed E-state index contributed by atoms with van der Waals surface area (Å²) < 4.78 is 6.62. The van der Waals surface area contributed by atoms with Crippen LogP contribution in [0.25, 0.3) is 0 Å². The Hall–Kier alpha value is -0.990. The Balaban J connectivity index is 2.09. The minimum Gasteiger partial charge on any atom is -0.488 e. The van der Waals surface area contributed by atoms with Gasteiger partial charge in [0.2, 0.25) is 0 Å². The predicted octanol–water partition coefficient (Wildman–Crippen LogP) is 4.68. The van der Waals surface area contributed by atoms with E-state index >= 15 is 0 Å². The normalized spacial score (nSPS) is 10.1. The van der Waals surface area contributed by atoms with Crippen LogP contribution in [0.15, 0.2) is 53.0 Å². The van der Waals surface area contributed by atoms with Crippen LogP contribution in [0.1, 0.15) is 5.56 Å². The molecule has 82 valence electrons. The van der Waals surface area contributed by atoms with Gasteiger partial charge in [-0.1, -0.05) is 41.9 Å². The number of hydrogen-bond donors (Lipinski definition) is 0. The molecule has 0 aliphatic heterocycles. The molecule has 0 aliphatic carbocycles. The van der Waals surface area contributed by atoms with Gasteiger partial charge in [0, 0.05) is 10.6 Å². The lowest BCUT2D eigenvalue weighted by Gasteiger charge is -2.08. The van der Waals surface area contributed by atoms with Crippen LogP contribution in [-0.2, 0) is 6.61 Å². The van der Waals surface area contributed by atoms with Crippen LogP contribution in [-0.4, -0.2) is 0 Å². The first-order chi connectivity index (χ1) is 7.77. The average molecular weight is 298 g/mol. The molecule has 0 saturated carbocycles. The third-order valence-corrected chi connectivity index (χ3v) is 3.20. The van der Waals surface area contributed by atoms with E-state index in [2.05, 4.69) is 15.9 Å². The van der Waals surface area contributed by atoms with Gasteiger partial charge in [0.05, 0.1) is 4.47 Å². The highest BCUT2D eigenvalue weighted by Crippen LogP contribution is 2.25. The van der Waals surface area contributed by atoms with Gasteiger partial charge in [0.15, 0.2) is 0 Å². The van der Waals surface area contributed by atoms with Crippen molar-refractivity contribution in [2.24, 2.45) is 0 Å². The van der Waals surface area contributed by atoms with Crippen molar-refractivity contribution >= 4 is 27.5 Å². The molecule has 2 aromatic rings. The molecule has 16 heavy (non-hydrogen) atoms. The van der Waals surface area contributed by atoms with Crippen molar-refractivity contribution in [3.8, 4) is 5.75 Å². The molecule has 0 aliphatic rings. The molecule has 0 unspecified atom stereocenters. The molecular weight excluding hydrogens is 287 g/mol. The van der Waals surface area contributed by atoms with E-state index in [0.29, 0.717) is 6.61 Å². The van der Waals surface area contributed by atoms with Crippen LogP contribution in [0, 0.1) is 0 Å². The van der Waals surface area contributed by atoms with E-state index in [1.807, 2.05) is 48.5 Å². The number of rotatable bonds is 3. The van der Waals surface area contributed by atoms with Gasteiger partial charge in [-0.05, 0) is 34.1 Å². The van der Waals surface area contributed by atoms with Crippen molar-refractivity contribution < 1.29 is 4.74 Å². The van der Waals surface area contributed by atoms with Crippen LogP contribution in [0.4, 0.5) is 0 Å². The third kappa shape index (κ3) is 2.77. The zero-order chi connectivity index (χ0) is 11.4. The van der Waals surface area contributed by atoms with Crippen LogP contribution in [0.2, 0.25) is 5.02 Å². The highest BCUT2D eigenvalue weighted by molar-refractivity contribution is 9.10. The largest absolute Gasteiger partial charge is 0.488 e. The quantitative estimate of drug-likeness (QED) is 0.799. The number of halogens is 2. The molecule has 0 spiro atoms. The first kappa shape index (κ1) is 11.5. The Morgan fingerprint density at radius 3 is 2.44 bits per heavy atom. The van der Waals surface area contributed by atoms with Crippen LogP contribution in [0.5, 0.6) is 5.75 Å². The van der Waals surface area contributed by atoms with Gasteiger partial charge in [-0.2, -0.15) is 0 Å². The molecule has 0 atom stereocenters. The maximum Gasteiger partial charge on any atom is 0.133 e. The van der Waals surface area contributed by atoms with E-state index in [1.165, 1.54) is 0 Å². The molecule has 0 radical (unpaired) electrons. The van der Waals surface area contributed by atoms with Gasteiger partial charge in [-0.15, -0.1) is 0 Å². The van der Waals surface area contributed by atoms with Crippen molar-refractivity contribution in [1.29, 1.82) is 0 Å². The second-order valence-corrected chi connectivity index (χ2v) is 4.57. The fourth-order valence-corrected chi connectivity index (χ4v) is 1.92. The zero-order valence-electron chi connectivity index (χ0n) is 8.49. The van der Waals surface area contributed by atoms with Gasteiger partial charge >= 0.3 is 0 Å². The lowest BCUT2D eigenvalue weighted by atomic mass is 10.2. The molecule has 0 bridgehead atoms. The topological polar surface area (TPSA) is 9.23 Å². The summed E-state index contributed by atoms with van der Waals surface area (Å²) in [5, 5.41) is 0.731. The van der Waals surface area contributed by atoms with Crippen molar-refractivity contribution in [2.45, 2.75) is 6.61 Å². The fourth-order valence-electron chi connectivity index (χ4n) is 1.33. The lowest BCUT2D eigenvalue weighted by molar-refractivity contribution is 0.304. The van der Waals surface area contributed by atoms with Gasteiger partial charge in [0.25, 0.3) is 0 Å². The number of para-hydroxylation sites is 1. The Kier molecular flexibility index (Phi) is 3.86. The number of hydrogen-bond acceptors (Lipinski definition) is 1. The second kappa shape index (κ2) is 5.37. The smallest absolute Gasteiger partial charge is 0.133 e. The van der Waals surface area contributed by atoms with Crippen LogP contribution < -0.4 is 4.74 Å². The van der Waals surface area contributed by atoms with Crippen molar-refractivity contribution in [2.75, 3.05) is 0 Å². The van der Waals surface area contributed by atoms with Crippen LogP contribution >= 0.6 is 27.5 Å². The maximum atomic E-state index is 6.04. The minimum absolute atomic E-state index is 0.474. The number of ether oxygens (including phenoxy) is 1. The monoisotopic (exact) mass is 296 g/mol. The van der Waals surface area contributed by atoms with Gasteiger partial charge in [-0.25, -0.2) is 0 Å². The molecule has 0 N–H and O–H groups in total. The van der Waals surface area contributed by atoms with Gasteiger partial charge < -0.3 is 4.74 Å². The fraction of sp³-hybridized carbons (Fsp3) is 0.0769. The summed E-state index contributed by atoms with van der Waals surface area (Å²) in [6.07, 6.45) is 0. The van der Waals surface area contributed by atoms with Crippen molar-refractivity contribution in [1.82, 2.24) is 0 Å². The second-order valence-electron chi connectivity index (χ2n) is 3.31. The summed E-state index contributed by atoms with van der Waals surface area (Å²) in [5.41, 5.74) is 0.986. The van der Waals surface area contributed by atoms with Gasteiger partial charge in [-0.3, -0.25) is 0 Å². The Morgan fingerprint density at radius 1 is 1.00 bits per heavy atom. The molecular formula is C13H10BrClO. The average Bonchev–Trinajstić information content (AvgIpc) is 2.30. The molecule has 0 heterocycles. The maximum absolute atomic E-state index is 6.04. The molecule has 1 nitrogen and oxygen atoms in total. The van der Waals surface area contributed by atoms with E-state index in [9.17, 15) is 0 Å². The van der Waals surface area contributed by atoms with Crippen molar-refractivity contribution in [3.05, 3.63) is 63.6 Å². The summed E-state index contributed by atoms with van der Waals surface area (Å²) in [6.45, 7) is 0.474. The molecule has 0 saturated heterocycles. The Morgan fingerprint density at radius 2 is 1.69 bits per heavy atom. The summed E-state index contributed by atoms with van der Waals surface area (Å²) in [6, 6.07) is 15.4. The predicted molar refractivity (Wildman–Crippen MR) is 69.9 cm³/mol. The van der Waals surface area contributed by atoms with Crippen LogP contribution in [0.3, 0.4) is 0 Å². The molecule has 0 aromatic heterocycles. The molecule has 0 amide bonds. The molecule has 0 fully saturated rings. The lowest BCUT2D eigenvalue weighted by Crippen LogP contribution is -1.96.